The molecule has 6 heteroatoms. The van der Waals surface area contributed by atoms with Crippen LogP contribution < -0.4 is 0 Å². The van der Waals surface area contributed by atoms with E-state index in [1.807, 2.05) is 6.20 Å². The van der Waals surface area contributed by atoms with Gasteiger partial charge in [0.05, 0.1) is 18.8 Å². The van der Waals surface area contributed by atoms with Crippen molar-refractivity contribution >= 4 is 0 Å². The Balaban J connectivity index is 1.47. The number of oxazole rings is 1. The van der Waals surface area contributed by atoms with Crippen molar-refractivity contribution in [1.82, 2.24) is 20.0 Å². The van der Waals surface area contributed by atoms with Crippen LogP contribution in [0.4, 0.5) is 0 Å². The Morgan fingerprint density at radius 1 is 1.32 bits per heavy atom. The summed E-state index contributed by atoms with van der Waals surface area (Å²) < 4.78 is 11.2. The Labute approximate surface area is 129 Å². The summed E-state index contributed by atoms with van der Waals surface area (Å²) in [5, 5.41) is 4.21. The smallest absolute Gasteiger partial charge is 0.229 e. The van der Waals surface area contributed by atoms with Gasteiger partial charge in [0, 0.05) is 11.8 Å². The van der Waals surface area contributed by atoms with E-state index >= 15 is 0 Å². The number of rotatable bonds is 5. The number of likely N-dealkylation sites (tertiary alicyclic amines) is 1. The molecule has 0 bridgehead atoms. The van der Waals surface area contributed by atoms with E-state index in [4.69, 9.17) is 8.94 Å². The topological polar surface area (TPSA) is 68.2 Å². The predicted octanol–water partition coefficient (Wildman–Crippen LogP) is 3.40. The van der Waals surface area contributed by atoms with Gasteiger partial charge in [0.1, 0.15) is 5.76 Å². The van der Waals surface area contributed by atoms with Crippen molar-refractivity contribution in [2.24, 2.45) is 0 Å². The van der Waals surface area contributed by atoms with Gasteiger partial charge in [-0.15, -0.1) is 0 Å². The van der Waals surface area contributed by atoms with Gasteiger partial charge in [-0.1, -0.05) is 19.0 Å². The fourth-order valence-corrected chi connectivity index (χ4v) is 3.02. The quantitative estimate of drug-likeness (QED) is 0.843. The highest BCUT2D eigenvalue weighted by molar-refractivity contribution is 5.06. The van der Waals surface area contributed by atoms with Crippen molar-refractivity contribution in [2.75, 3.05) is 6.54 Å². The molecule has 2 aromatic heterocycles. The molecule has 2 aromatic rings. The van der Waals surface area contributed by atoms with Crippen molar-refractivity contribution in [1.29, 1.82) is 0 Å². The van der Waals surface area contributed by atoms with Crippen molar-refractivity contribution in [2.45, 2.75) is 64.0 Å². The van der Waals surface area contributed by atoms with Gasteiger partial charge >= 0.3 is 0 Å². The van der Waals surface area contributed by atoms with Crippen LogP contribution in [0.3, 0.4) is 0 Å². The second-order valence-corrected chi connectivity index (χ2v) is 6.70. The van der Waals surface area contributed by atoms with E-state index in [1.165, 1.54) is 12.8 Å². The SMILES string of the molecule is CC(C)c1cnc(CN2CCCC2c2noc(C3CC3)n2)o1. The molecule has 1 unspecified atom stereocenters. The number of hydrogen-bond donors (Lipinski definition) is 0. The lowest BCUT2D eigenvalue weighted by molar-refractivity contribution is 0.210. The zero-order chi connectivity index (χ0) is 15.1. The molecule has 1 saturated heterocycles. The Bertz CT molecular complexity index is 644. The summed E-state index contributed by atoms with van der Waals surface area (Å²) in [6, 6.07) is 0.227. The summed E-state index contributed by atoms with van der Waals surface area (Å²) >= 11 is 0. The molecule has 2 fully saturated rings. The first-order chi connectivity index (χ1) is 10.7. The summed E-state index contributed by atoms with van der Waals surface area (Å²) in [6.07, 6.45) is 6.43. The van der Waals surface area contributed by atoms with Crippen molar-refractivity contribution in [3.63, 3.8) is 0 Å². The molecule has 3 heterocycles. The molecule has 4 rings (SSSR count). The molecule has 0 spiro atoms. The molecular weight excluding hydrogens is 280 g/mol. The van der Waals surface area contributed by atoms with Crippen LogP contribution in [0.5, 0.6) is 0 Å². The van der Waals surface area contributed by atoms with E-state index in [9.17, 15) is 0 Å². The zero-order valence-corrected chi connectivity index (χ0v) is 13.2. The molecule has 1 aliphatic carbocycles. The molecule has 1 atom stereocenters. The normalized spacial score (nSPS) is 22.8. The van der Waals surface area contributed by atoms with Crippen LogP contribution in [0.1, 0.15) is 80.8 Å². The summed E-state index contributed by atoms with van der Waals surface area (Å²) in [5.41, 5.74) is 0. The maximum Gasteiger partial charge on any atom is 0.229 e. The van der Waals surface area contributed by atoms with Gasteiger partial charge in [-0.05, 0) is 32.2 Å². The first-order valence-electron chi connectivity index (χ1n) is 8.23. The van der Waals surface area contributed by atoms with E-state index in [1.54, 1.807) is 0 Å². The third kappa shape index (κ3) is 2.67. The highest BCUT2D eigenvalue weighted by Gasteiger charge is 2.34. The van der Waals surface area contributed by atoms with E-state index < -0.39 is 0 Å². The molecule has 118 valence electrons. The van der Waals surface area contributed by atoms with Crippen LogP contribution in [0.25, 0.3) is 0 Å². The van der Waals surface area contributed by atoms with Crippen LogP contribution >= 0.6 is 0 Å². The summed E-state index contributed by atoms with van der Waals surface area (Å²) in [6.45, 7) is 5.96. The Morgan fingerprint density at radius 3 is 2.91 bits per heavy atom. The van der Waals surface area contributed by atoms with Crippen LogP contribution in [-0.2, 0) is 6.54 Å². The average Bonchev–Trinajstić information content (AvgIpc) is 2.95. The van der Waals surface area contributed by atoms with E-state index in [0.29, 0.717) is 18.4 Å². The minimum absolute atomic E-state index is 0.227. The van der Waals surface area contributed by atoms with Crippen LogP contribution in [-0.4, -0.2) is 26.6 Å². The highest BCUT2D eigenvalue weighted by atomic mass is 16.5. The second-order valence-electron chi connectivity index (χ2n) is 6.70. The lowest BCUT2D eigenvalue weighted by Crippen LogP contribution is -2.23. The number of aromatic nitrogens is 3. The van der Waals surface area contributed by atoms with Crippen LogP contribution in [0.2, 0.25) is 0 Å². The van der Waals surface area contributed by atoms with Gasteiger partial charge in [-0.2, -0.15) is 4.98 Å². The fourth-order valence-electron chi connectivity index (χ4n) is 3.02. The molecule has 6 nitrogen and oxygen atoms in total. The zero-order valence-electron chi connectivity index (χ0n) is 13.2. The predicted molar refractivity (Wildman–Crippen MR) is 79.3 cm³/mol. The van der Waals surface area contributed by atoms with Crippen LogP contribution in [0.15, 0.2) is 15.1 Å². The summed E-state index contributed by atoms with van der Waals surface area (Å²) in [7, 11) is 0. The lowest BCUT2D eigenvalue weighted by Gasteiger charge is -2.19. The molecule has 0 N–H and O–H groups in total. The standard InChI is InChI=1S/C16H22N4O2/c1-10(2)13-8-17-14(21-13)9-20-7-3-4-12(20)15-18-16(22-19-15)11-5-6-11/h8,10-12H,3-7,9H2,1-2H3. The van der Waals surface area contributed by atoms with Gasteiger partial charge < -0.3 is 8.94 Å². The molecule has 0 radical (unpaired) electrons. The van der Waals surface area contributed by atoms with E-state index in [-0.39, 0.29) is 6.04 Å². The third-order valence-corrected chi connectivity index (χ3v) is 4.52. The average molecular weight is 302 g/mol. The van der Waals surface area contributed by atoms with E-state index in [2.05, 4.69) is 33.9 Å². The Hall–Kier alpha value is -1.69. The number of hydrogen-bond acceptors (Lipinski definition) is 6. The van der Waals surface area contributed by atoms with Crippen molar-refractivity contribution < 1.29 is 8.94 Å². The first-order valence-corrected chi connectivity index (χ1v) is 8.23. The molecular formula is C16H22N4O2. The Morgan fingerprint density at radius 2 is 2.18 bits per heavy atom. The van der Waals surface area contributed by atoms with Gasteiger partial charge in [-0.25, -0.2) is 4.98 Å². The van der Waals surface area contributed by atoms with Crippen molar-refractivity contribution in [3.8, 4) is 0 Å². The molecule has 2 aliphatic rings. The lowest BCUT2D eigenvalue weighted by atomic mass is 10.2. The maximum atomic E-state index is 5.83. The van der Waals surface area contributed by atoms with Gasteiger partial charge in [0.25, 0.3) is 0 Å². The number of nitrogens with zero attached hydrogens (tertiary/aromatic N) is 4. The fraction of sp³-hybridized carbons (Fsp3) is 0.688. The Kier molecular flexibility index (Phi) is 3.48. The summed E-state index contributed by atoms with van der Waals surface area (Å²) in [4.78, 5) is 11.4. The molecule has 22 heavy (non-hydrogen) atoms. The van der Waals surface area contributed by atoms with Crippen molar-refractivity contribution in [3.05, 3.63) is 29.6 Å². The monoisotopic (exact) mass is 302 g/mol. The second kappa shape index (κ2) is 5.50. The van der Waals surface area contributed by atoms with Gasteiger partial charge in [0.15, 0.2) is 5.82 Å². The molecule has 1 aliphatic heterocycles. The third-order valence-electron chi connectivity index (χ3n) is 4.52. The first kappa shape index (κ1) is 13.9. The molecule has 0 amide bonds. The van der Waals surface area contributed by atoms with E-state index in [0.717, 1.165) is 42.8 Å². The summed E-state index contributed by atoms with van der Waals surface area (Å²) in [5.74, 6) is 4.25. The van der Waals surface area contributed by atoms with Crippen LogP contribution in [0, 0.1) is 0 Å². The largest absolute Gasteiger partial charge is 0.444 e. The molecule has 0 aromatic carbocycles. The van der Waals surface area contributed by atoms with Gasteiger partial charge in [0.2, 0.25) is 11.8 Å². The highest BCUT2D eigenvalue weighted by Crippen LogP contribution is 2.40. The van der Waals surface area contributed by atoms with Gasteiger partial charge in [-0.3, -0.25) is 4.90 Å². The minimum atomic E-state index is 0.227. The molecule has 1 saturated carbocycles. The maximum absolute atomic E-state index is 5.83. The minimum Gasteiger partial charge on any atom is -0.444 e.